The smallest absolute Gasteiger partial charge is 0.252 e. The van der Waals surface area contributed by atoms with E-state index in [9.17, 15) is 4.79 Å². The Morgan fingerprint density at radius 1 is 0.969 bits per heavy atom. The molecule has 1 fully saturated rings. The van der Waals surface area contributed by atoms with Crippen molar-refractivity contribution in [2.75, 3.05) is 18.0 Å². The van der Waals surface area contributed by atoms with Gasteiger partial charge in [0.25, 0.3) is 5.91 Å². The van der Waals surface area contributed by atoms with Crippen LogP contribution in [0.4, 0.5) is 5.69 Å². The number of anilines is 1. The molecule has 3 aromatic rings. The van der Waals surface area contributed by atoms with Crippen LogP contribution in [-0.4, -0.2) is 19.0 Å². The Morgan fingerprint density at radius 3 is 2.44 bits per heavy atom. The molecule has 1 heterocycles. The largest absolute Gasteiger partial charge is 0.371 e. The summed E-state index contributed by atoms with van der Waals surface area (Å²) in [4.78, 5) is 15.6. The van der Waals surface area contributed by atoms with Crippen molar-refractivity contribution in [3.8, 4) is 0 Å². The predicted molar refractivity (Wildman–Crippen MR) is 133 cm³/mol. The lowest BCUT2D eigenvalue weighted by atomic mass is 9.98. The Kier molecular flexibility index (Phi) is 7.26. The van der Waals surface area contributed by atoms with E-state index < -0.39 is 0 Å². The van der Waals surface area contributed by atoms with Crippen LogP contribution in [0.5, 0.6) is 0 Å². The van der Waals surface area contributed by atoms with Gasteiger partial charge in [0.05, 0.1) is 6.04 Å². The Labute approximate surface area is 192 Å². The van der Waals surface area contributed by atoms with Gasteiger partial charge >= 0.3 is 0 Å². The van der Waals surface area contributed by atoms with Crippen LogP contribution in [0.3, 0.4) is 0 Å². The van der Waals surface area contributed by atoms with Crippen LogP contribution in [0.2, 0.25) is 0 Å². The number of benzene rings is 3. The first kappa shape index (κ1) is 22.1. The normalized spacial score (nSPS) is 17.1. The zero-order valence-corrected chi connectivity index (χ0v) is 19.3. The zero-order valence-electron chi connectivity index (χ0n) is 19.3. The molecule has 0 saturated carbocycles. The molecular formula is C29H34N2O. The van der Waals surface area contributed by atoms with Gasteiger partial charge in [0.1, 0.15) is 0 Å². The van der Waals surface area contributed by atoms with Gasteiger partial charge in [-0.15, -0.1) is 0 Å². The van der Waals surface area contributed by atoms with Gasteiger partial charge in [-0.1, -0.05) is 67.6 Å². The maximum Gasteiger partial charge on any atom is 0.252 e. The molecule has 166 valence electrons. The van der Waals surface area contributed by atoms with Crippen molar-refractivity contribution in [3.05, 3.63) is 101 Å². The lowest BCUT2D eigenvalue weighted by Gasteiger charge is -2.33. The molecule has 2 atom stereocenters. The number of hydrogen-bond donors (Lipinski definition) is 1. The molecule has 1 N–H and O–H groups in total. The summed E-state index contributed by atoms with van der Waals surface area (Å²) in [5, 5.41) is 3.20. The number of rotatable bonds is 7. The van der Waals surface area contributed by atoms with Crippen molar-refractivity contribution in [1.82, 2.24) is 5.32 Å². The van der Waals surface area contributed by atoms with Crippen LogP contribution in [0.25, 0.3) is 0 Å². The Bertz CT molecular complexity index is 1010. The minimum atomic E-state index is -0.0426. The van der Waals surface area contributed by atoms with Gasteiger partial charge in [0.15, 0.2) is 0 Å². The maximum absolute atomic E-state index is 13.1. The molecule has 32 heavy (non-hydrogen) atoms. The average molecular weight is 427 g/mol. The number of amides is 1. The first-order valence-electron chi connectivity index (χ1n) is 11.9. The highest BCUT2D eigenvalue weighted by molar-refractivity contribution is 5.96. The van der Waals surface area contributed by atoms with E-state index >= 15 is 0 Å². The van der Waals surface area contributed by atoms with Crippen molar-refractivity contribution < 1.29 is 4.79 Å². The Balaban J connectivity index is 1.39. The monoisotopic (exact) mass is 426 g/mol. The second kappa shape index (κ2) is 10.5. The van der Waals surface area contributed by atoms with Gasteiger partial charge in [0, 0.05) is 24.3 Å². The third kappa shape index (κ3) is 5.59. The summed E-state index contributed by atoms with van der Waals surface area (Å²) >= 11 is 0. The lowest BCUT2D eigenvalue weighted by Crippen LogP contribution is -2.34. The topological polar surface area (TPSA) is 32.3 Å². The zero-order chi connectivity index (χ0) is 22.3. The van der Waals surface area contributed by atoms with Gasteiger partial charge in [-0.3, -0.25) is 4.79 Å². The highest BCUT2D eigenvalue weighted by Gasteiger charge is 2.18. The molecule has 0 aromatic heterocycles. The third-order valence-electron chi connectivity index (χ3n) is 6.55. The minimum absolute atomic E-state index is 0.00454. The fraction of sp³-hybridized carbons (Fsp3) is 0.345. The lowest BCUT2D eigenvalue weighted by molar-refractivity contribution is 0.0939. The highest BCUT2D eigenvalue weighted by atomic mass is 16.1. The Morgan fingerprint density at radius 2 is 1.69 bits per heavy atom. The standard InChI is InChI=1S/C29H34N2O/c1-22-9-8-20-31(21-22)27-18-16-25(17-19-27)23(2)30-29(32)28-13-7-6-12-26(28)15-14-24-10-4-3-5-11-24/h3-7,10-13,16-19,22-23H,8-9,14-15,20-21H2,1-2H3,(H,30,32)/t22-,23+/m1/s1. The molecule has 0 unspecified atom stereocenters. The van der Waals surface area contributed by atoms with Crippen molar-refractivity contribution in [2.24, 2.45) is 5.92 Å². The predicted octanol–water partition coefficient (Wildman–Crippen LogP) is 6.20. The van der Waals surface area contributed by atoms with Crippen LogP contribution in [0, 0.1) is 5.92 Å². The summed E-state index contributed by atoms with van der Waals surface area (Å²) < 4.78 is 0. The van der Waals surface area contributed by atoms with Crippen molar-refractivity contribution in [3.63, 3.8) is 0 Å². The van der Waals surface area contributed by atoms with E-state index in [1.165, 1.54) is 24.1 Å². The second-order valence-corrected chi connectivity index (χ2v) is 9.12. The van der Waals surface area contributed by atoms with Crippen LogP contribution >= 0.6 is 0 Å². The molecule has 0 spiro atoms. The molecular weight excluding hydrogens is 392 g/mol. The number of aryl methyl sites for hydroxylation is 2. The van der Waals surface area contributed by atoms with E-state index in [0.29, 0.717) is 0 Å². The second-order valence-electron chi connectivity index (χ2n) is 9.12. The summed E-state index contributed by atoms with van der Waals surface area (Å²) in [7, 11) is 0. The molecule has 1 aliphatic rings. The van der Waals surface area contributed by atoms with Gasteiger partial charge < -0.3 is 10.2 Å². The fourth-order valence-corrected chi connectivity index (χ4v) is 4.64. The highest BCUT2D eigenvalue weighted by Crippen LogP contribution is 2.25. The molecule has 0 bridgehead atoms. The van der Waals surface area contributed by atoms with E-state index in [4.69, 9.17) is 0 Å². The summed E-state index contributed by atoms with van der Waals surface area (Å²) in [6.45, 7) is 6.65. The molecule has 0 aliphatic carbocycles. The number of hydrogen-bond acceptors (Lipinski definition) is 2. The molecule has 3 aromatic carbocycles. The molecule has 1 amide bonds. The van der Waals surface area contributed by atoms with Gasteiger partial charge in [0.2, 0.25) is 0 Å². The van der Waals surface area contributed by atoms with Gasteiger partial charge in [-0.2, -0.15) is 0 Å². The first-order valence-corrected chi connectivity index (χ1v) is 11.9. The quantitative estimate of drug-likeness (QED) is 0.488. The van der Waals surface area contributed by atoms with Crippen molar-refractivity contribution >= 4 is 11.6 Å². The SMILES string of the molecule is C[C@@H]1CCCN(c2ccc([C@H](C)NC(=O)c3ccccc3CCc3ccccc3)cc2)C1. The van der Waals surface area contributed by atoms with Gasteiger partial charge in [-0.25, -0.2) is 0 Å². The Hall–Kier alpha value is -3.07. The summed E-state index contributed by atoms with van der Waals surface area (Å²) in [6, 6.07) is 27.1. The number of nitrogens with zero attached hydrogens (tertiary/aromatic N) is 1. The molecule has 4 rings (SSSR count). The number of piperidine rings is 1. The van der Waals surface area contributed by atoms with Gasteiger partial charge in [-0.05, 0) is 73.4 Å². The van der Waals surface area contributed by atoms with E-state index in [1.807, 2.05) is 24.3 Å². The van der Waals surface area contributed by atoms with E-state index in [2.05, 4.69) is 78.7 Å². The molecule has 3 nitrogen and oxygen atoms in total. The van der Waals surface area contributed by atoms with E-state index in [1.54, 1.807) is 0 Å². The van der Waals surface area contributed by atoms with E-state index in [-0.39, 0.29) is 11.9 Å². The summed E-state index contributed by atoms with van der Waals surface area (Å²) in [5.41, 5.74) is 5.57. The molecule has 1 saturated heterocycles. The van der Waals surface area contributed by atoms with Crippen molar-refractivity contribution in [2.45, 2.75) is 45.6 Å². The van der Waals surface area contributed by atoms with Crippen LogP contribution in [0.15, 0.2) is 78.9 Å². The summed E-state index contributed by atoms with van der Waals surface area (Å²) in [6.07, 6.45) is 4.37. The van der Waals surface area contributed by atoms with Crippen LogP contribution < -0.4 is 10.2 Å². The number of carbonyl (C=O) groups is 1. The molecule has 0 radical (unpaired) electrons. The summed E-state index contributed by atoms with van der Waals surface area (Å²) in [5.74, 6) is 0.749. The number of carbonyl (C=O) groups excluding carboxylic acids is 1. The molecule has 3 heteroatoms. The van der Waals surface area contributed by atoms with Crippen LogP contribution in [0.1, 0.15) is 59.8 Å². The fourth-order valence-electron chi connectivity index (χ4n) is 4.64. The molecule has 1 aliphatic heterocycles. The van der Waals surface area contributed by atoms with E-state index in [0.717, 1.165) is 48.5 Å². The van der Waals surface area contributed by atoms with Crippen LogP contribution in [-0.2, 0) is 12.8 Å². The maximum atomic E-state index is 13.1. The average Bonchev–Trinajstić information content (AvgIpc) is 2.83. The minimum Gasteiger partial charge on any atom is -0.371 e. The first-order chi connectivity index (χ1) is 15.6. The van der Waals surface area contributed by atoms with Crippen molar-refractivity contribution in [1.29, 1.82) is 0 Å². The number of nitrogens with one attached hydrogen (secondary N) is 1. The third-order valence-corrected chi connectivity index (χ3v) is 6.55.